The first-order valence-corrected chi connectivity index (χ1v) is 11.1. The molecule has 0 saturated carbocycles. The predicted octanol–water partition coefficient (Wildman–Crippen LogP) is 5.28. The fourth-order valence-corrected chi connectivity index (χ4v) is 4.37. The quantitative estimate of drug-likeness (QED) is 0.371. The lowest BCUT2D eigenvalue weighted by Crippen LogP contribution is -2.12. The minimum absolute atomic E-state index is 0.587. The highest BCUT2D eigenvalue weighted by atomic mass is 32.1. The summed E-state index contributed by atoms with van der Waals surface area (Å²) in [5.74, 6) is 1.51. The predicted molar refractivity (Wildman–Crippen MR) is 124 cm³/mol. The Bertz CT molecular complexity index is 1190. The van der Waals surface area contributed by atoms with Crippen LogP contribution in [0.15, 0.2) is 80.8 Å². The van der Waals surface area contributed by atoms with Crippen LogP contribution in [0.2, 0.25) is 0 Å². The Labute approximate surface area is 183 Å². The smallest absolute Gasteiger partial charge is 0.206 e. The van der Waals surface area contributed by atoms with Crippen molar-refractivity contribution in [2.75, 3.05) is 14.2 Å². The van der Waals surface area contributed by atoms with Gasteiger partial charge < -0.3 is 9.47 Å². The zero-order valence-corrected chi connectivity index (χ0v) is 18.3. The molecular weight excluding hydrogens is 414 g/mol. The van der Waals surface area contributed by atoms with E-state index in [4.69, 9.17) is 19.6 Å². The average Bonchev–Trinajstić information content (AvgIpc) is 3.46. The van der Waals surface area contributed by atoms with Gasteiger partial charge in [0.2, 0.25) is 4.80 Å². The Balaban J connectivity index is 1.82. The number of thiophene rings is 1. The van der Waals surface area contributed by atoms with Crippen molar-refractivity contribution >= 4 is 28.9 Å². The zero-order chi connectivity index (χ0) is 20.8. The second kappa shape index (κ2) is 9.56. The molecule has 0 radical (unpaired) electrons. The molecule has 0 unspecified atom stereocenters. The number of benzene rings is 2. The standard InChI is InChI=1S/C23H21N3O2S2/c1-27-19-8-9-22(28-2)20(12-19)21-16-30-23(24-13-17-6-4-3-5-7-17)26(21)25-14-18-10-11-29-15-18/h3-12,14-16H,13H2,1-2H3. The molecule has 0 amide bonds. The van der Waals surface area contributed by atoms with Gasteiger partial charge >= 0.3 is 0 Å². The van der Waals surface area contributed by atoms with Crippen LogP contribution in [-0.2, 0) is 6.54 Å². The Morgan fingerprint density at radius 3 is 2.60 bits per heavy atom. The molecule has 0 atom stereocenters. The van der Waals surface area contributed by atoms with Crippen molar-refractivity contribution in [3.8, 4) is 22.8 Å². The van der Waals surface area contributed by atoms with Crippen LogP contribution in [0, 0.1) is 0 Å². The zero-order valence-electron chi connectivity index (χ0n) is 16.7. The van der Waals surface area contributed by atoms with E-state index in [0.29, 0.717) is 6.54 Å². The summed E-state index contributed by atoms with van der Waals surface area (Å²) in [4.78, 5) is 5.63. The Kier molecular flexibility index (Phi) is 6.41. The molecule has 152 valence electrons. The number of hydrogen-bond acceptors (Lipinski definition) is 6. The molecule has 4 rings (SSSR count). The maximum Gasteiger partial charge on any atom is 0.206 e. The Morgan fingerprint density at radius 1 is 1.00 bits per heavy atom. The van der Waals surface area contributed by atoms with E-state index in [0.717, 1.165) is 38.7 Å². The molecule has 0 spiro atoms. The summed E-state index contributed by atoms with van der Waals surface area (Å²) < 4.78 is 12.9. The minimum Gasteiger partial charge on any atom is -0.497 e. The number of ether oxygens (including phenoxy) is 2. The van der Waals surface area contributed by atoms with Gasteiger partial charge in [0.15, 0.2) is 0 Å². The van der Waals surface area contributed by atoms with Crippen LogP contribution in [0.3, 0.4) is 0 Å². The van der Waals surface area contributed by atoms with Gasteiger partial charge in [0.05, 0.1) is 32.7 Å². The molecule has 0 aliphatic rings. The van der Waals surface area contributed by atoms with Crippen LogP contribution >= 0.6 is 22.7 Å². The molecule has 0 bridgehead atoms. The Morgan fingerprint density at radius 2 is 1.87 bits per heavy atom. The van der Waals surface area contributed by atoms with Crippen LogP contribution in [0.4, 0.5) is 0 Å². The van der Waals surface area contributed by atoms with Crippen molar-refractivity contribution < 1.29 is 9.47 Å². The third-order valence-corrected chi connectivity index (χ3v) is 6.03. The normalized spacial score (nSPS) is 11.9. The topological polar surface area (TPSA) is 48.1 Å². The van der Waals surface area contributed by atoms with E-state index in [1.54, 1.807) is 36.9 Å². The summed E-state index contributed by atoms with van der Waals surface area (Å²) >= 11 is 3.19. The summed E-state index contributed by atoms with van der Waals surface area (Å²) in [5.41, 5.74) is 4.00. The van der Waals surface area contributed by atoms with Crippen LogP contribution in [-0.4, -0.2) is 25.1 Å². The van der Waals surface area contributed by atoms with Crippen LogP contribution in [0.25, 0.3) is 11.3 Å². The molecule has 0 fully saturated rings. The van der Waals surface area contributed by atoms with Crippen molar-refractivity contribution in [2.24, 2.45) is 10.1 Å². The first-order valence-electron chi connectivity index (χ1n) is 9.32. The molecule has 2 heterocycles. The Hall–Kier alpha value is -3.16. The SMILES string of the molecule is COc1ccc(OC)c(-c2csc(=NCc3ccccc3)n2N=Cc2ccsc2)c1. The molecule has 30 heavy (non-hydrogen) atoms. The number of hydrogen-bond donors (Lipinski definition) is 0. The molecule has 5 nitrogen and oxygen atoms in total. The molecule has 2 aromatic heterocycles. The van der Waals surface area contributed by atoms with Gasteiger partial charge in [0.25, 0.3) is 0 Å². The van der Waals surface area contributed by atoms with Gasteiger partial charge in [0, 0.05) is 16.5 Å². The monoisotopic (exact) mass is 435 g/mol. The molecule has 2 aromatic carbocycles. The highest BCUT2D eigenvalue weighted by Gasteiger charge is 2.14. The van der Waals surface area contributed by atoms with Gasteiger partial charge in [-0.15, -0.1) is 11.3 Å². The van der Waals surface area contributed by atoms with Gasteiger partial charge in [0.1, 0.15) is 11.5 Å². The van der Waals surface area contributed by atoms with Gasteiger partial charge in [-0.05, 0) is 40.6 Å². The molecule has 0 saturated heterocycles. The number of nitrogens with zero attached hydrogens (tertiary/aromatic N) is 3. The third-order valence-electron chi connectivity index (χ3n) is 4.47. The van der Waals surface area contributed by atoms with Crippen LogP contribution < -0.4 is 14.3 Å². The highest BCUT2D eigenvalue weighted by molar-refractivity contribution is 7.08. The summed E-state index contributed by atoms with van der Waals surface area (Å²) in [6.07, 6.45) is 1.85. The maximum absolute atomic E-state index is 5.60. The van der Waals surface area contributed by atoms with Gasteiger partial charge in [-0.2, -0.15) is 16.4 Å². The van der Waals surface area contributed by atoms with Crippen molar-refractivity contribution in [3.05, 3.63) is 86.7 Å². The van der Waals surface area contributed by atoms with E-state index < -0.39 is 0 Å². The molecule has 4 aromatic rings. The highest BCUT2D eigenvalue weighted by Crippen LogP contribution is 2.33. The molecule has 0 aliphatic carbocycles. The largest absolute Gasteiger partial charge is 0.497 e. The molecule has 0 aliphatic heterocycles. The number of thiazole rings is 1. The molecular formula is C23H21N3O2S2. The summed E-state index contributed by atoms with van der Waals surface area (Å²) in [6.45, 7) is 0.587. The van der Waals surface area contributed by atoms with Crippen LogP contribution in [0.1, 0.15) is 11.1 Å². The fraction of sp³-hybridized carbons (Fsp3) is 0.130. The van der Waals surface area contributed by atoms with Crippen molar-refractivity contribution in [1.82, 2.24) is 4.68 Å². The van der Waals surface area contributed by atoms with Crippen LogP contribution in [0.5, 0.6) is 11.5 Å². The van der Waals surface area contributed by atoms with E-state index in [1.165, 1.54) is 0 Å². The van der Waals surface area contributed by atoms with Gasteiger partial charge in [-0.3, -0.25) is 4.99 Å². The lowest BCUT2D eigenvalue weighted by Gasteiger charge is -2.11. The lowest BCUT2D eigenvalue weighted by molar-refractivity contribution is 0.404. The third kappa shape index (κ3) is 4.53. The summed E-state index contributed by atoms with van der Waals surface area (Å²) in [5, 5.41) is 10.9. The summed E-state index contributed by atoms with van der Waals surface area (Å²) in [7, 11) is 3.32. The molecule has 7 heteroatoms. The lowest BCUT2D eigenvalue weighted by atomic mass is 10.1. The first kappa shape index (κ1) is 20.1. The van der Waals surface area contributed by atoms with E-state index >= 15 is 0 Å². The van der Waals surface area contributed by atoms with Gasteiger partial charge in [-0.1, -0.05) is 30.3 Å². The summed E-state index contributed by atoms with van der Waals surface area (Å²) in [6, 6.07) is 18.0. The fourth-order valence-electron chi connectivity index (χ4n) is 2.93. The molecule has 0 N–H and O–H groups in total. The van der Waals surface area contributed by atoms with Crippen molar-refractivity contribution in [2.45, 2.75) is 6.54 Å². The minimum atomic E-state index is 0.587. The first-order chi connectivity index (χ1) is 14.8. The van der Waals surface area contributed by atoms with E-state index in [-0.39, 0.29) is 0 Å². The average molecular weight is 436 g/mol. The van der Waals surface area contributed by atoms with Gasteiger partial charge in [-0.25, -0.2) is 4.68 Å². The second-order valence-corrected chi connectivity index (χ2v) is 8.00. The maximum atomic E-state index is 5.60. The number of rotatable bonds is 7. The number of aromatic nitrogens is 1. The van der Waals surface area contributed by atoms with E-state index in [9.17, 15) is 0 Å². The second-order valence-electron chi connectivity index (χ2n) is 6.38. The van der Waals surface area contributed by atoms with Crippen molar-refractivity contribution in [3.63, 3.8) is 0 Å². The van der Waals surface area contributed by atoms with Crippen molar-refractivity contribution in [1.29, 1.82) is 0 Å². The number of methoxy groups -OCH3 is 2. The van der Waals surface area contributed by atoms with E-state index in [1.807, 2.05) is 64.1 Å². The van der Waals surface area contributed by atoms with E-state index in [2.05, 4.69) is 17.5 Å².